The van der Waals surface area contributed by atoms with Crippen molar-refractivity contribution in [3.05, 3.63) is 59.3 Å². The normalized spacial score (nSPS) is 11.6. The highest BCUT2D eigenvalue weighted by molar-refractivity contribution is 5.74. The summed E-state index contributed by atoms with van der Waals surface area (Å²) < 4.78 is 5.00. The van der Waals surface area contributed by atoms with Crippen molar-refractivity contribution in [3.63, 3.8) is 0 Å². The fourth-order valence-electron chi connectivity index (χ4n) is 2.22. The number of carbonyl (C=O) groups excluding carboxylic acids is 1. The van der Waals surface area contributed by atoms with Gasteiger partial charge in [0.05, 0.1) is 13.2 Å². The maximum atomic E-state index is 12.0. The van der Waals surface area contributed by atoms with E-state index in [1.165, 1.54) is 0 Å². The number of pyridine rings is 1. The van der Waals surface area contributed by atoms with Gasteiger partial charge >= 0.3 is 6.03 Å². The van der Waals surface area contributed by atoms with Gasteiger partial charge < -0.3 is 15.4 Å². The van der Waals surface area contributed by atoms with Gasteiger partial charge in [-0.25, -0.2) is 9.78 Å². The number of rotatable bonds is 5. The maximum Gasteiger partial charge on any atom is 0.315 e. The highest BCUT2D eigenvalue weighted by Crippen LogP contribution is 2.16. The van der Waals surface area contributed by atoms with Crippen molar-refractivity contribution in [2.45, 2.75) is 26.4 Å². The predicted molar refractivity (Wildman–Crippen MR) is 85.8 cm³/mol. The molecule has 2 N–H and O–H groups in total. The first-order valence-corrected chi connectivity index (χ1v) is 7.19. The minimum absolute atomic E-state index is 0.0461. The summed E-state index contributed by atoms with van der Waals surface area (Å²) in [5, 5.41) is 5.76. The summed E-state index contributed by atoms with van der Waals surface area (Å²) in [4.78, 5) is 16.1. The van der Waals surface area contributed by atoms with Crippen LogP contribution in [0.1, 0.15) is 29.7 Å². The number of nitrogens with zero attached hydrogens (tertiary/aromatic N) is 1. The first kappa shape index (κ1) is 15.8. The highest BCUT2D eigenvalue weighted by Gasteiger charge is 2.10. The molecule has 0 spiro atoms. The molecule has 0 saturated heterocycles. The number of benzene rings is 1. The van der Waals surface area contributed by atoms with Crippen molar-refractivity contribution in [2.24, 2.45) is 0 Å². The molecule has 5 heteroatoms. The fourth-order valence-corrected chi connectivity index (χ4v) is 2.22. The molecule has 0 bridgehead atoms. The summed E-state index contributed by atoms with van der Waals surface area (Å²) in [5.41, 5.74) is 3.19. The van der Waals surface area contributed by atoms with Gasteiger partial charge in [-0.1, -0.05) is 30.3 Å². The molecule has 22 heavy (non-hydrogen) atoms. The molecular formula is C17H21N3O2. The molecule has 2 rings (SSSR count). The minimum atomic E-state index is -0.202. The van der Waals surface area contributed by atoms with Crippen molar-refractivity contribution in [3.8, 4) is 5.88 Å². The molecule has 0 aliphatic carbocycles. The lowest BCUT2D eigenvalue weighted by Gasteiger charge is -2.17. The maximum absolute atomic E-state index is 12.0. The molecule has 0 radical (unpaired) electrons. The van der Waals surface area contributed by atoms with Gasteiger partial charge in [-0.05, 0) is 30.5 Å². The third-order valence-corrected chi connectivity index (χ3v) is 3.46. The van der Waals surface area contributed by atoms with Crippen LogP contribution in [0.4, 0.5) is 4.79 Å². The Hall–Kier alpha value is -2.56. The van der Waals surface area contributed by atoms with Crippen molar-refractivity contribution >= 4 is 6.03 Å². The van der Waals surface area contributed by atoms with Gasteiger partial charge in [0.2, 0.25) is 5.88 Å². The summed E-state index contributed by atoms with van der Waals surface area (Å²) in [7, 11) is 1.57. The van der Waals surface area contributed by atoms with Crippen LogP contribution >= 0.6 is 0 Å². The summed E-state index contributed by atoms with van der Waals surface area (Å²) in [6.07, 6.45) is 1.68. The average Bonchev–Trinajstić information content (AvgIpc) is 2.53. The Labute approximate surface area is 130 Å². The number of nitrogens with one attached hydrogen (secondary N) is 2. The third kappa shape index (κ3) is 4.22. The molecule has 0 aliphatic rings. The number of carbonyl (C=O) groups is 1. The van der Waals surface area contributed by atoms with E-state index >= 15 is 0 Å². The van der Waals surface area contributed by atoms with E-state index in [1.54, 1.807) is 19.4 Å². The molecular weight excluding hydrogens is 278 g/mol. The first-order chi connectivity index (χ1) is 10.6. The van der Waals surface area contributed by atoms with E-state index in [4.69, 9.17) is 4.74 Å². The Kier molecular flexibility index (Phi) is 5.36. The molecule has 1 heterocycles. The molecule has 0 aliphatic heterocycles. The van der Waals surface area contributed by atoms with E-state index in [0.29, 0.717) is 12.4 Å². The largest absolute Gasteiger partial charge is 0.481 e. The predicted octanol–water partition coefficient (Wildman–Crippen LogP) is 2.96. The van der Waals surface area contributed by atoms with Crippen molar-refractivity contribution < 1.29 is 9.53 Å². The second-order valence-electron chi connectivity index (χ2n) is 5.11. The zero-order chi connectivity index (χ0) is 15.9. The van der Waals surface area contributed by atoms with E-state index in [9.17, 15) is 4.79 Å². The smallest absolute Gasteiger partial charge is 0.315 e. The average molecular weight is 299 g/mol. The zero-order valence-corrected chi connectivity index (χ0v) is 13.1. The molecule has 0 saturated carbocycles. The molecule has 116 valence electrons. The van der Waals surface area contributed by atoms with Crippen molar-refractivity contribution in [1.82, 2.24) is 15.6 Å². The summed E-state index contributed by atoms with van der Waals surface area (Å²) in [5.74, 6) is 0.557. The number of aryl methyl sites for hydroxylation is 1. The number of amides is 2. The fraction of sp³-hybridized carbons (Fsp3) is 0.294. The van der Waals surface area contributed by atoms with Crippen LogP contribution in [0, 0.1) is 6.92 Å². The lowest BCUT2D eigenvalue weighted by atomic mass is 10.0. The van der Waals surface area contributed by atoms with Gasteiger partial charge in [0.1, 0.15) is 0 Å². The monoisotopic (exact) mass is 299 g/mol. The number of urea groups is 1. The lowest BCUT2D eigenvalue weighted by Crippen LogP contribution is -2.36. The molecule has 2 aromatic rings. The van der Waals surface area contributed by atoms with Crippen LogP contribution in [0.3, 0.4) is 0 Å². The summed E-state index contributed by atoms with van der Waals surface area (Å²) >= 11 is 0. The second kappa shape index (κ2) is 7.45. The van der Waals surface area contributed by atoms with Gasteiger partial charge in [0.15, 0.2) is 0 Å². The van der Waals surface area contributed by atoms with Crippen LogP contribution in [0.25, 0.3) is 0 Å². The van der Waals surface area contributed by atoms with E-state index in [1.807, 2.05) is 44.2 Å². The second-order valence-corrected chi connectivity index (χ2v) is 5.11. The third-order valence-electron chi connectivity index (χ3n) is 3.46. The van der Waals surface area contributed by atoms with Gasteiger partial charge in [-0.2, -0.15) is 0 Å². The van der Waals surface area contributed by atoms with Gasteiger partial charge in [-0.15, -0.1) is 0 Å². The first-order valence-electron chi connectivity index (χ1n) is 7.19. The number of ether oxygens (including phenoxy) is 1. The molecule has 0 fully saturated rings. The van der Waals surface area contributed by atoms with Crippen molar-refractivity contribution in [1.29, 1.82) is 0 Å². The minimum Gasteiger partial charge on any atom is -0.481 e. The Bertz CT molecular complexity index is 626. The van der Waals surface area contributed by atoms with Crippen LogP contribution in [-0.2, 0) is 6.54 Å². The highest BCUT2D eigenvalue weighted by atomic mass is 16.5. The van der Waals surface area contributed by atoms with Gasteiger partial charge in [0.25, 0.3) is 0 Å². The van der Waals surface area contributed by atoms with Crippen LogP contribution in [0.15, 0.2) is 42.6 Å². The number of methoxy groups -OCH3 is 1. The topological polar surface area (TPSA) is 63.2 Å². The number of hydrogen-bond acceptors (Lipinski definition) is 3. The van der Waals surface area contributed by atoms with Gasteiger partial charge in [-0.3, -0.25) is 0 Å². The van der Waals surface area contributed by atoms with Crippen LogP contribution in [0.2, 0.25) is 0 Å². The van der Waals surface area contributed by atoms with Gasteiger partial charge in [0, 0.05) is 18.8 Å². The standard InChI is InChI=1S/C17H21N3O2/c1-12-6-4-5-7-15(12)13(2)20-17(21)19-11-14-8-9-16(22-3)18-10-14/h4-10,13H,11H2,1-3H3,(H2,19,20,21). The lowest BCUT2D eigenvalue weighted by molar-refractivity contribution is 0.237. The summed E-state index contributed by atoms with van der Waals surface area (Å²) in [6.45, 7) is 4.43. The van der Waals surface area contributed by atoms with Crippen LogP contribution in [0.5, 0.6) is 5.88 Å². The summed E-state index contributed by atoms with van der Waals surface area (Å²) in [6, 6.07) is 11.4. The number of aromatic nitrogens is 1. The number of hydrogen-bond donors (Lipinski definition) is 2. The molecule has 5 nitrogen and oxygen atoms in total. The van der Waals surface area contributed by atoms with Crippen LogP contribution < -0.4 is 15.4 Å². The Morgan fingerprint density at radius 2 is 2.05 bits per heavy atom. The Balaban J connectivity index is 1.86. The van der Waals surface area contributed by atoms with Crippen LogP contribution in [-0.4, -0.2) is 18.1 Å². The molecule has 1 aromatic heterocycles. The SMILES string of the molecule is COc1ccc(CNC(=O)NC(C)c2ccccc2C)cn1. The van der Waals surface area contributed by atoms with E-state index in [-0.39, 0.29) is 12.1 Å². The molecule has 1 atom stereocenters. The Morgan fingerprint density at radius 3 is 2.68 bits per heavy atom. The quantitative estimate of drug-likeness (QED) is 0.892. The molecule has 1 unspecified atom stereocenters. The van der Waals surface area contributed by atoms with E-state index < -0.39 is 0 Å². The van der Waals surface area contributed by atoms with Crippen molar-refractivity contribution in [2.75, 3.05) is 7.11 Å². The zero-order valence-electron chi connectivity index (χ0n) is 13.1. The van der Waals surface area contributed by atoms with E-state index in [0.717, 1.165) is 16.7 Å². The Morgan fingerprint density at radius 1 is 1.27 bits per heavy atom. The van der Waals surface area contributed by atoms with E-state index in [2.05, 4.69) is 15.6 Å². The molecule has 2 amide bonds. The molecule has 1 aromatic carbocycles.